The maximum atomic E-state index is 5.75. The molecule has 1 aliphatic heterocycles. The number of hydrogen-bond donors (Lipinski definition) is 2. The van der Waals surface area contributed by atoms with Gasteiger partial charge in [-0.05, 0) is 24.3 Å². The second-order valence-electron chi connectivity index (χ2n) is 3.85. The Bertz CT molecular complexity index is 270. The van der Waals surface area contributed by atoms with Crippen LogP contribution < -0.4 is 11.1 Å². The molecule has 0 amide bonds. The Balaban J connectivity index is 1.80. The maximum Gasteiger partial charge on any atom is 0.0700 e. The minimum absolute atomic E-state index is 0.286. The molecule has 84 valence electrons. The van der Waals surface area contributed by atoms with Crippen molar-refractivity contribution in [3.63, 3.8) is 0 Å². The summed E-state index contributed by atoms with van der Waals surface area (Å²) in [6.45, 7) is 2.48. The number of hydrogen-bond acceptors (Lipinski definition) is 4. The lowest BCUT2D eigenvalue weighted by atomic mass is 10.2. The summed E-state index contributed by atoms with van der Waals surface area (Å²) in [6, 6.07) is 4.48. The van der Waals surface area contributed by atoms with Crippen molar-refractivity contribution in [1.29, 1.82) is 0 Å². The Morgan fingerprint density at radius 2 is 2.60 bits per heavy atom. The van der Waals surface area contributed by atoms with Gasteiger partial charge in [0.1, 0.15) is 0 Å². The van der Waals surface area contributed by atoms with Crippen LogP contribution in [0.5, 0.6) is 0 Å². The molecular weight excluding hydrogens is 208 g/mol. The first-order chi connectivity index (χ1) is 7.40. The van der Waals surface area contributed by atoms with E-state index in [-0.39, 0.29) is 6.04 Å². The normalized spacial score (nSPS) is 23.1. The van der Waals surface area contributed by atoms with Crippen LogP contribution in [0.3, 0.4) is 0 Å². The Morgan fingerprint density at radius 1 is 1.67 bits per heavy atom. The van der Waals surface area contributed by atoms with Crippen molar-refractivity contribution in [3.8, 4) is 0 Å². The minimum atomic E-state index is 0.286. The van der Waals surface area contributed by atoms with E-state index in [1.807, 2.05) is 0 Å². The SMILES string of the molecule is NCC(NCC1CCCO1)c1cccs1. The Kier molecular flexibility index (Phi) is 4.14. The van der Waals surface area contributed by atoms with Gasteiger partial charge in [-0.1, -0.05) is 6.07 Å². The van der Waals surface area contributed by atoms with Gasteiger partial charge in [-0.25, -0.2) is 0 Å². The predicted molar refractivity (Wildman–Crippen MR) is 63.1 cm³/mol. The molecule has 15 heavy (non-hydrogen) atoms. The van der Waals surface area contributed by atoms with Crippen LogP contribution in [0.4, 0.5) is 0 Å². The molecule has 2 rings (SSSR count). The van der Waals surface area contributed by atoms with Gasteiger partial charge in [0.25, 0.3) is 0 Å². The van der Waals surface area contributed by atoms with Crippen molar-refractivity contribution in [1.82, 2.24) is 5.32 Å². The average molecular weight is 226 g/mol. The van der Waals surface area contributed by atoms with E-state index in [0.29, 0.717) is 12.6 Å². The summed E-state index contributed by atoms with van der Waals surface area (Å²) in [6.07, 6.45) is 2.76. The fourth-order valence-corrected chi connectivity index (χ4v) is 2.68. The van der Waals surface area contributed by atoms with E-state index in [0.717, 1.165) is 13.2 Å². The van der Waals surface area contributed by atoms with E-state index in [9.17, 15) is 0 Å². The quantitative estimate of drug-likeness (QED) is 0.800. The first-order valence-electron chi connectivity index (χ1n) is 5.48. The van der Waals surface area contributed by atoms with Gasteiger partial charge in [-0.15, -0.1) is 11.3 Å². The van der Waals surface area contributed by atoms with Crippen LogP contribution >= 0.6 is 11.3 Å². The van der Waals surface area contributed by atoms with E-state index in [2.05, 4.69) is 22.8 Å². The molecule has 0 bridgehead atoms. The van der Waals surface area contributed by atoms with E-state index >= 15 is 0 Å². The smallest absolute Gasteiger partial charge is 0.0700 e. The van der Waals surface area contributed by atoms with Crippen LogP contribution in [-0.2, 0) is 4.74 Å². The largest absolute Gasteiger partial charge is 0.377 e. The van der Waals surface area contributed by atoms with E-state index in [1.54, 1.807) is 11.3 Å². The summed E-state index contributed by atoms with van der Waals surface area (Å²) in [5, 5.41) is 5.56. The minimum Gasteiger partial charge on any atom is -0.377 e. The third-order valence-corrected chi connectivity index (χ3v) is 3.72. The van der Waals surface area contributed by atoms with Crippen LogP contribution in [-0.4, -0.2) is 25.8 Å². The third kappa shape index (κ3) is 3.01. The Morgan fingerprint density at radius 3 is 3.20 bits per heavy atom. The summed E-state index contributed by atoms with van der Waals surface area (Å²) in [5.74, 6) is 0. The van der Waals surface area contributed by atoms with Gasteiger partial charge in [0.05, 0.1) is 12.1 Å². The molecule has 2 atom stereocenters. The molecular formula is C11H18N2OS. The number of nitrogens with one attached hydrogen (secondary N) is 1. The van der Waals surface area contributed by atoms with Crippen molar-refractivity contribution in [2.45, 2.75) is 25.0 Å². The molecule has 2 heterocycles. The third-order valence-electron chi connectivity index (χ3n) is 2.74. The van der Waals surface area contributed by atoms with Gasteiger partial charge in [-0.3, -0.25) is 0 Å². The van der Waals surface area contributed by atoms with Gasteiger partial charge in [-0.2, -0.15) is 0 Å². The molecule has 1 aromatic rings. The van der Waals surface area contributed by atoms with Crippen molar-refractivity contribution >= 4 is 11.3 Å². The zero-order valence-corrected chi connectivity index (χ0v) is 9.63. The predicted octanol–water partition coefficient (Wildman–Crippen LogP) is 1.52. The fourth-order valence-electron chi connectivity index (χ4n) is 1.87. The lowest BCUT2D eigenvalue weighted by Gasteiger charge is -2.18. The Hall–Kier alpha value is -0.420. The van der Waals surface area contributed by atoms with Crippen LogP contribution in [0.15, 0.2) is 17.5 Å². The average Bonchev–Trinajstić information content (AvgIpc) is 2.90. The summed E-state index contributed by atoms with van der Waals surface area (Å²) in [4.78, 5) is 1.32. The van der Waals surface area contributed by atoms with Crippen LogP contribution in [0.1, 0.15) is 23.8 Å². The van der Waals surface area contributed by atoms with E-state index < -0.39 is 0 Å². The second-order valence-corrected chi connectivity index (χ2v) is 4.83. The summed E-state index contributed by atoms with van der Waals surface area (Å²) in [7, 11) is 0. The monoisotopic (exact) mass is 226 g/mol. The van der Waals surface area contributed by atoms with E-state index in [4.69, 9.17) is 10.5 Å². The number of thiophene rings is 1. The van der Waals surface area contributed by atoms with Gasteiger partial charge in [0.15, 0.2) is 0 Å². The summed E-state index contributed by atoms with van der Waals surface area (Å²) < 4.78 is 5.57. The zero-order valence-electron chi connectivity index (χ0n) is 8.82. The molecule has 0 spiro atoms. The van der Waals surface area contributed by atoms with Crippen LogP contribution in [0, 0.1) is 0 Å². The van der Waals surface area contributed by atoms with Crippen molar-refractivity contribution in [3.05, 3.63) is 22.4 Å². The lowest BCUT2D eigenvalue weighted by Crippen LogP contribution is -2.33. The van der Waals surface area contributed by atoms with Crippen LogP contribution in [0.2, 0.25) is 0 Å². The molecule has 1 fully saturated rings. The number of rotatable bonds is 5. The van der Waals surface area contributed by atoms with Gasteiger partial charge < -0.3 is 15.8 Å². The molecule has 3 N–H and O–H groups in total. The zero-order chi connectivity index (χ0) is 10.5. The Labute approximate surface area is 94.6 Å². The van der Waals surface area contributed by atoms with Crippen molar-refractivity contribution < 1.29 is 4.74 Å². The fraction of sp³-hybridized carbons (Fsp3) is 0.636. The van der Waals surface area contributed by atoms with Gasteiger partial charge in [0, 0.05) is 24.6 Å². The van der Waals surface area contributed by atoms with Gasteiger partial charge in [0.2, 0.25) is 0 Å². The number of nitrogens with two attached hydrogens (primary N) is 1. The lowest BCUT2D eigenvalue weighted by molar-refractivity contribution is 0.108. The summed E-state index contributed by atoms with van der Waals surface area (Å²) >= 11 is 1.75. The highest BCUT2D eigenvalue weighted by Gasteiger charge is 2.17. The molecule has 0 aromatic carbocycles. The molecule has 0 saturated carbocycles. The highest BCUT2D eigenvalue weighted by Crippen LogP contribution is 2.19. The molecule has 4 heteroatoms. The molecule has 3 nitrogen and oxygen atoms in total. The molecule has 0 aliphatic carbocycles. The molecule has 2 unspecified atom stereocenters. The topological polar surface area (TPSA) is 47.3 Å². The highest BCUT2D eigenvalue weighted by atomic mass is 32.1. The highest BCUT2D eigenvalue weighted by molar-refractivity contribution is 7.10. The molecule has 0 radical (unpaired) electrons. The first-order valence-corrected chi connectivity index (χ1v) is 6.36. The molecule has 1 saturated heterocycles. The first kappa shape index (κ1) is 11.1. The van der Waals surface area contributed by atoms with Gasteiger partial charge >= 0.3 is 0 Å². The number of ether oxygens (including phenoxy) is 1. The molecule has 1 aromatic heterocycles. The standard InChI is InChI=1S/C11H18N2OS/c12-7-10(11-4-2-6-15-11)13-8-9-3-1-5-14-9/h2,4,6,9-10,13H,1,3,5,7-8,12H2. The molecule has 1 aliphatic rings. The second kappa shape index (κ2) is 5.61. The maximum absolute atomic E-state index is 5.75. The van der Waals surface area contributed by atoms with Crippen LogP contribution in [0.25, 0.3) is 0 Å². The van der Waals surface area contributed by atoms with E-state index in [1.165, 1.54) is 17.7 Å². The van der Waals surface area contributed by atoms with Crippen molar-refractivity contribution in [2.24, 2.45) is 5.73 Å². The summed E-state index contributed by atoms with van der Waals surface area (Å²) in [5.41, 5.74) is 5.75. The van der Waals surface area contributed by atoms with Crippen molar-refractivity contribution in [2.75, 3.05) is 19.7 Å².